The summed E-state index contributed by atoms with van der Waals surface area (Å²) in [5, 5.41) is 7.55. The second-order valence-corrected chi connectivity index (χ2v) is 5.94. The zero-order valence-electron chi connectivity index (χ0n) is 8.05. The fraction of sp³-hybridized carbons (Fsp3) is 0.500. The Labute approximate surface area is 87.6 Å². The summed E-state index contributed by atoms with van der Waals surface area (Å²) in [6.07, 6.45) is 0.584. The first-order valence-corrected chi connectivity index (χ1v) is 6.39. The summed E-state index contributed by atoms with van der Waals surface area (Å²) < 4.78 is 22.5. The fourth-order valence-corrected chi connectivity index (χ4v) is 3.42. The molecule has 1 aliphatic rings. The molecular weight excluding hydrogens is 216 g/mol. The van der Waals surface area contributed by atoms with Crippen LogP contribution in [0.25, 0.3) is 0 Å². The summed E-state index contributed by atoms with van der Waals surface area (Å²) in [4.78, 5) is 0. The van der Waals surface area contributed by atoms with E-state index in [1.165, 1.54) is 0 Å². The standard InChI is InChI=1S/C8H12N4O2S/c9-6-3-7(11-12-8(6)10)5-1-2-15(13,14)4-5/h3,5H,1-2,4H2,(H2,9,11)(H2,10,12). The number of anilines is 2. The molecule has 1 aliphatic heterocycles. The van der Waals surface area contributed by atoms with E-state index in [4.69, 9.17) is 11.5 Å². The minimum absolute atomic E-state index is 0.0922. The van der Waals surface area contributed by atoms with E-state index < -0.39 is 9.84 Å². The molecule has 0 aromatic carbocycles. The molecule has 1 aromatic rings. The third kappa shape index (κ3) is 2.01. The topological polar surface area (TPSA) is 112 Å². The van der Waals surface area contributed by atoms with Crippen molar-refractivity contribution in [1.82, 2.24) is 10.2 Å². The molecule has 1 unspecified atom stereocenters. The van der Waals surface area contributed by atoms with Gasteiger partial charge in [0.25, 0.3) is 0 Å². The van der Waals surface area contributed by atoms with Gasteiger partial charge in [-0.1, -0.05) is 0 Å². The van der Waals surface area contributed by atoms with E-state index in [9.17, 15) is 8.42 Å². The maximum absolute atomic E-state index is 11.3. The lowest BCUT2D eigenvalue weighted by atomic mass is 10.0. The van der Waals surface area contributed by atoms with Crippen LogP contribution in [0.15, 0.2) is 6.07 Å². The highest BCUT2D eigenvalue weighted by atomic mass is 32.2. The largest absolute Gasteiger partial charge is 0.396 e. The van der Waals surface area contributed by atoms with Gasteiger partial charge >= 0.3 is 0 Å². The van der Waals surface area contributed by atoms with Gasteiger partial charge in [0.15, 0.2) is 15.7 Å². The van der Waals surface area contributed by atoms with Gasteiger partial charge in [0.2, 0.25) is 0 Å². The maximum Gasteiger partial charge on any atom is 0.169 e. The SMILES string of the molecule is Nc1cc(C2CCS(=O)(=O)C2)nnc1N. The van der Waals surface area contributed by atoms with Crippen LogP contribution in [0.5, 0.6) is 0 Å². The molecule has 15 heavy (non-hydrogen) atoms. The van der Waals surface area contributed by atoms with Crippen LogP contribution in [0.4, 0.5) is 11.5 Å². The Morgan fingerprint density at radius 3 is 2.60 bits per heavy atom. The summed E-state index contributed by atoms with van der Waals surface area (Å²) in [7, 11) is -2.91. The molecule has 1 atom stereocenters. The predicted molar refractivity (Wildman–Crippen MR) is 56.9 cm³/mol. The summed E-state index contributed by atoms with van der Waals surface area (Å²) in [6, 6.07) is 1.60. The lowest BCUT2D eigenvalue weighted by Gasteiger charge is -2.07. The Hall–Kier alpha value is -1.37. The third-order valence-electron chi connectivity index (χ3n) is 2.52. The van der Waals surface area contributed by atoms with Crippen molar-refractivity contribution in [2.75, 3.05) is 23.0 Å². The molecule has 82 valence electrons. The highest BCUT2D eigenvalue weighted by Gasteiger charge is 2.30. The molecule has 0 aliphatic carbocycles. The number of nitrogens with zero attached hydrogens (tertiary/aromatic N) is 2. The molecule has 0 amide bonds. The number of sulfone groups is 1. The smallest absolute Gasteiger partial charge is 0.169 e. The Morgan fingerprint density at radius 2 is 2.07 bits per heavy atom. The van der Waals surface area contributed by atoms with Crippen LogP contribution in [0.3, 0.4) is 0 Å². The van der Waals surface area contributed by atoms with Crippen molar-refractivity contribution >= 4 is 21.3 Å². The van der Waals surface area contributed by atoms with Gasteiger partial charge in [0.1, 0.15) is 0 Å². The number of nitrogen functional groups attached to an aromatic ring is 2. The molecule has 6 nitrogen and oxygen atoms in total. The first-order valence-electron chi connectivity index (χ1n) is 4.57. The zero-order chi connectivity index (χ0) is 11.1. The van der Waals surface area contributed by atoms with E-state index in [0.717, 1.165) is 0 Å². The van der Waals surface area contributed by atoms with Crippen molar-refractivity contribution in [3.05, 3.63) is 11.8 Å². The molecular formula is C8H12N4O2S. The minimum Gasteiger partial charge on any atom is -0.396 e. The van der Waals surface area contributed by atoms with Crippen molar-refractivity contribution in [1.29, 1.82) is 0 Å². The average Bonchev–Trinajstić information content (AvgIpc) is 2.51. The lowest BCUT2D eigenvalue weighted by Crippen LogP contribution is -2.08. The van der Waals surface area contributed by atoms with Gasteiger partial charge in [-0.2, -0.15) is 5.10 Å². The van der Waals surface area contributed by atoms with Crippen LogP contribution in [-0.4, -0.2) is 30.1 Å². The van der Waals surface area contributed by atoms with Gasteiger partial charge in [0, 0.05) is 5.92 Å². The fourth-order valence-electron chi connectivity index (χ4n) is 1.66. The molecule has 0 radical (unpaired) electrons. The molecule has 4 N–H and O–H groups in total. The molecule has 0 bridgehead atoms. The van der Waals surface area contributed by atoms with E-state index >= 15 is 0 Å². The quantitative estimate of drug-likeness (QED) is 0.672. The maximum atomic E-state index is 11.3. The van der Waals surface area contributed by atoms with Gasteiger partial charge in [-0.25, -0.2) is 8.42 Å². The number of hydrogen-bond donors (Lipinski definition) is 2. The summed E-state index contributed by atoms with van der Waals surface area (Å²) >= 11 is 0. The van der Waals surface area contributed by atoms with Crippen molar-refractivity contribution < 1.29 is 8.42 Å². The van der Waals surface area contributed by atoms with Crippen LogP contribution in [0.2, 0.25) is 0 Å². The van der Waals surface area contributed by atoms with Crippen LogP contribution in [0, 0.1) is 0 Å². The van der Waals surface area contributed by atoms with Crippen molar-refractivity contribution in [2.24, 2.45) is 0 Å². The Kier molecular flexibility index (Phi) is 2.26. The Balaban J connectivity index is 2.28. The summed E-state index contributed by atoms with van der Waals surface area (Å²) in [5.74, 6) is 0.430. The van der Waals surface area contributed by atoms with E-state index in [1.54, 1.807) is 6.07 Å². The second-order valence-electron chi connectivity index (χ2n) is 3.71. The van der Waals surface area contributed by atoms with Gasteiger partial charge < -0.3 is 11.5 Å². The van der Waals surface area contributed by atoms with Crippen molar-refractivity contribution in [2.45, 2.75) is 12.3 Å². The lowest BCUT2D eigenvalue weighted by molar-refractivity contribution is 0.601. The summed E-state index contributed by atoms with van der Waals surface area (Å²) in [6.45, 7) is 0. The number of aromatic nitrogens is 2. The molecule has 0 spiro atoms. The molecule has 7 heteroatoms. The highest BCUT2D eigenvalue weighted by molar-refractivity contribution is 7.91. The predicted octanol–water partition coefficient (Wildman–Crippen LogP) is -0.457. The van der Waals surface area contributed by atoms with Gasteiger partial charge in [-0.3, -0.25) is 0 Å². The van der Waals surface area contributed by atoms with Crippen LogP contribution >= 0.6 is 0 Å². The number of rotatable bonds is 1. The minimum atomic E-state index is -2.91. The number of nitrogens with two attached hydrogens (primary N) is 2. The molecule has 2 heterocycles. The van der Waals surface area contributed by atoms with Crippen LogP contribution < -0.4 is 11.5 Å². The summed E-state index contributed by atoms with van der Waals surface area (Å²) in [5.41, 5.74) is 12.0. The zero-order valence-corrected chi connectivity index (χ0v) is 8.87. The Bertz CT molecular complexity index is 485. The van der Waals surface area contributed by atoms with Gasteiger partial charge in [-0.15, -0.1) is 5.10 Å². The van der Waals surface area contributed by atoms with Gasteiger partial charge in [-0.05, 0) is 12.5 Å². The van der Waals surface area contributed by atoms with Crippen LogP contribution in [0.1, 0.15) is 18.0 Å². The third-order valence-corrected chi connectivity index (χ3v) is 4.29. The first-order chi connectivity index (χ1) is 6.98. The van der Waals surface area contributed by atoms with E-state index in [-0.39, 0.29) is 23.2 Å². The molecule has 0 saturated carbocycles. The van der Waals surface area contributed by atoms with Crippen molar-refractivity contribution in [3.63, 3.8) is 0 Å². The molecule has 1 fully saturated rings. The Morgan fingerprint density at radius 1 is 1.33 bits per heavy atom. The highest BCUT2D eigenvalue weighted by Crippen LogP contribution is 2.28. The van der Waals surface area contributed by atoms with E-state index in [1.807, 2.05) is 0 Å². The molecule has 1 saturated heterocycles. The second kappa shape index (κ2) is 3.34. The van der Waals surface area contributed by atoms with E-state index in [0.29, 0.717) is 17.8 Å². The van der Waals surface area contributed by atoms with Crippen LogP contribution in [-0.2, 0) is 9.84 Å². The van der Waals surface area contributed by atoms with Crippen molar-refractivity contribution in [3.8, 4) is 0 Å². The molecule has 2 rings (SSSR count). The average molecular weight is 228 g/mol. The monoisotopic (exact) mass is 228 g/mol. The molecule has 1 aromatic heterocycles. The van der Waals surface area contributed by atoms with Gasteiger partial charge in [0.05, 0.1) is 22.9 Å². The van der Waals surface area contributed by atoms with E-state index in [2.05, 4.69) is 10.2 Å². The normalized spacial score (nSPS) is 24.1. The number of hydrogen-bond acceptors (Lipinski definition) is 6. The first kappa shape index (κ1) is 10.2.